The molecule has 0 bridgehead atoms. The van der Waals surface area contributed by atoms with Crippen LogP contribution in [0.25, 0.3) is 16.7 Å². The number of hydrogen-bond acceptors (Lipinski definition) is 3. The quantitative estimate of drug-likeness (QED) is 0.504. The Hall–Kier alpha value is -3.67. The number of carbonyl (C=O) groups excluding carboxylic acids is 1. The number of aryl methyl sites for hydroxylation is 2. The summed E-state index contributed by atoms with van der Waals surface area (Å²) in [7, 11) is 0. The number of amides is 1. The molecule has 4 aromatic rings. The average Bonchev–Trinajstić information content (AvgIpc) is 3.06. The van der Waals surface area contributed by atoms with Gasteiger partial charge in [-0.05, 0) is 49.9 Å². The molecule has 6 nitrogen and oxygen atoms in total. The molecule has 4 rings (SSSR count). The lowest BCUT2D eigenvalue weighted by molar-refractivity contribution is -0.121. The Morgan fingerprint density at radius 1 is 1.03 bits per heavy atom. The lowest BCUT2D eigenvalue weighted by atomic mass is 10.0. The number of rotatable bonds is 6. The summed E-state index contributed by atoms with van der Waals surface area (Å²) in [5.41, 5.74) is 5.55. The standard InChI is InChI=1S/C26H28N4O2/c1-17-10-12-22(13-11-17)30-20(4)19(3)24-25(30)28-16-29(26(24)32)15-23(31)27-14-18(2)21-8-6-5-7-9-21/h5-13,16,18H,14-15H2,1-4H3,(H,27,31). The van der Waals surface area contributed by atoms with Crippen LogP contribution in [-0.2, 0) is 11.3 Å². The maximum Gasteiger partial charge on any atom is 0.263 e. The second kappa shape index (κ2) is 8.83. The third-order valence-electron chi connectivity index (χ3n) is 6.06. The molecule has 2 heterocycles. The number of fused-ring (bicyclic) bond motifs is 1. The van der Waals surface area contributed by atoms with Crippen LogP contribution in [0.3, 0.4) is 0 Å². The molecule has 2 aromatic carbocycles. The first kappa shape index (κ1) is 21.6. The fourth-order valence-electron chi connectivity index (χ4n) is 3.99. The fourth-order valence-corrected chi connectivity index (χ4v) is 3.99. The van der Waals surface area contributed by atoms with Crippen molar-refractivity contribution in [2.45, 2.75) is 40.2 Å². The Balaban J connectivity index is 1.57. The van der Waals surface area contributed by atoms with E-state index in [1.165, 1.54) is 16.5 Å². The van der Waals surface area contributed by atoms with E-state index in [-0.39, 0.29) is 23.9 Å². The van der Waals surface area contributed by atoms with Crippen LogP contribution in [0.4, 0.5) is 0 Å². The molecule has 6 heteroatoms. The Morgan fingerprint density at radius 2 is 1.72 bits per heavy atom. The van der Waals surface area contributed by atoms with Gasteiger partial charge in [0.25, 0.3) is 5.56 Å². The molecule has 1 unspecified atom stereocenters. The van der Waals surface area contributed by atoms with Crippen LogP contribution in [0.1, 0.15) is 35.2 Å². The summed E-state index contributed by atoms with van der Waals surface area (Å²) in [6, 6.07) is 18.2. The van der Waals surface area contributed by atoms with E-state index in [2.05, 4.69) is 17.2 Å². The molecular weight excluding hydrogens is 400 g/mol. The first-order valence-electron chi connectivity index (χ1n) is 10.8. The van der Waals surface area contributed by atoms with Gasteiger partial charge in [0, 0.05) is 17.9 Å². The van der Waals surface area contributed by atoms with Crippen molar-refractivity contribution in [3.05, 3.63) is 93.7 Å². The van der Waals surface area contributed by atoms with E-state index in [0.29, 0.717) is 17.6 Å². The van der Waals surface area contributed by atoms with E-state index in [1.807, 2.05) is 79.9 Å². The van der Waals surface area contributed by atoms with Gasteiger partial charge in [-0.15, -0.1) is 0 Å². The van der Waals surface area contributed by atoms with Crippen LogP contribution >= 0.6 is 0 Å². The highest BCUT2D eigenvalue weighted by Gasteiger charge is 2.18. The Morgan fingerprint density at radius 3 is 2.41 bits per heavy atom. The molecule has 0 spiro atoms. The molecule has 32 heavy (non-hydrogen) atoms. The normalized spacial score (nSPS) is 12.1. The minimum absolute atomic E-state index is 0.0581. The molecule has 1 atom stereocenters. The molecule has 2 aromatic heterocycles. The molecule has 0 saturated heterocycles. The Labute approximate surface area is 187 Å². The van der Waals surface area contributed by atoms with Crippen molar-refractivity contribution in [3.8, 4) is 5.69 Å². The average molecular weight is 429 g/mol. The number of hydrogen-bond donors (Lipinski definition) is 1. The van der Waals surface area contributed by atoms with E-state index < -0.39 is 0 Å². The van der Waals surface area contributed by atoms with Crippen molar-refractivity contribution >= 4 is 16.9 Å². The third kappa shape index (κ3) is 4.08. The molecule has 0 aliphatic rings. The highest BCUT2D eigenvalue weighted by molar-refractivity contribution is 5.83. The SMILES string of the molecule is Cc1ccc(-n2c(C)c(C)c3c(=O)n(CC(=O)NCC(C)c4ccccc4)cnc32)cc1. The fraction of sp³-hybridized carbons (Fsp3) is 0.269. The van der Waals surface area contributed by atoms with E-state index >= 15 is 0 Å². The van der Waals surface area contributed by atoms with Crippen molar-refractivity contribution in [1.29, 1.82) is 0 Å². The molecule has 0 saturated carbocycles. The van der Waals surface area contributed by atoms with Crippen LogP contribution in [0.2, 0.25) is 0 Å². The first-order valence-corrected chi connectivity index (χ1v) is 10.8. The zero-order valence-corrected chi connectivity index (χ0v) is 18.9. The predicted molar refractivity (Wildman–Crippen MR) is 127 cm³/mol. The van der Waals surface area contributed by atoms with Crippen molar-refractivity contribution in [2.75, 3.05) is 6.54 Å². The van der Waals surface area contributed by atoms with Gasteiger partial charge in [0.05, 0.1) is 5.39 Å². The van der Waals surface area contributed by atoms with Crippen LogP contribution < -0.4 is 10.9 Å². The van der Waals surface area contributed by atoms with E-state index in [0.717, 1.165) is 22.5 Å². The molecular formula is C26H28N4O2. The highest BCUT2D eigenvalue weighted by Crippen LogP contribution is 2.25. The highest BCUT2D eigenvalue weighted by atomic mass is 16.2. The summed E-state index contributed by atoms with van der Waals surface area (Å²) in [6.07, 6.45) is 1.47. The van der Waals surface area contributed by atoms with Crippen molar-refractivity contribution in [1.82, 2.24) is 19.4 Å². The van der Waals surface area contributed by atoms with Gasteiger partial charge in [-0.1, -0.05) is 55.0 Å². The van der Waals surface area contributed by atoms with Crippen LogP contribution in [0.5, 0.6) is 0 Å². The summed E-state index contributed by atoms with van der Waals surface area (Å²) < 4.78 is 3.38. The van der Waals surface area contributed by atoms with Gasteiger partial charge in [-0.25, -0.2) is 4.98 Å². The zero-order valence-electron chi connectivity index (χ0n) is 18.9. The summed E-state index contributed by atoms with van der Waals surface area (Å²) in [5, 5.41) is 3.49. The number of carbonyl (C=O) groups is 1. The van der Waals surface area contributed by atoms with Gasteiger partial charge in [0.2, 0.25) is 5.91 Å². The second-order valence-electron chi connectivity index (χ2n) is 8.37. The summed E-state index contributed by atoms with van der Waals surface area (Å²) in [5.74, 6) is -0.0192. The topological polar surface area (TPSA) is 68.9 Å². The molecule has 0 fully saturated rings. The van der Waals surface area contributed by atoms with E-state index in [1.54, 1.807) is 0 Å². The Kier molecular flexibility index (Phi) is 5.95. The molecule has 0 aliphatic heterocycles. The molecule has 1 amide bonds. The molecule has 0 radical (unpaired) electrons. The van der Waals surface area contributed by atoms with E-state index in [4.69, 9.17) is 0 Å². The summed E-state index contributed by atoms with van der Waals surface area (Å²) in [4.78, 5) is 30.3. The van der Waals surface area contributed by atoms with Gasteiger partial charge in [-0.3, -0.25) is 18.7 Å². The first-order chi connectivity index (χ1) is 15.4. The second-order valence-corrected chi connectivity index (χ2v) is 8.37. The molecule has 164 valence electrons. The van der Waals surface area contributed by atoms with Crippen LogP contribution in [0.15, 0.2) is 65.7 Å². The maximum absolute atomic E-state index is 13.2. The minimum Gasteiger partial charge on any atom is -0.354 e. The maximum atomic E-state index is 13.2. The minimum atomic E-state index is -0.205. The van der Waals surface area contributed by atoms with Crippen LogP contribution in [0, 0.1) is 20.8 Å². The smallest absolute Gasteiger partial charge is 0.263 e. The number of benzene rings is 2. The number of nitrogens with one attached hydrogen (secondary N) is 1. The monoisotopic (exact) mass is 428 g/mol. The zero-order chi connectivity index (χ0) is 22.8. The third-order valence-corrected chi connectivity index (χ3v) is 6.06. The summed E-state index contributed by atoms with van der Waals surface area (Å²) in [6.45, 7) is 8.47. The van der Waals surface area contributed by atoms with Crippen molar-refractivity contribution in [2.24, 2.45) is 0 Å². The lowest BCUT2D eigenvalue weighted by Crippen LogP contribution is -2.34. The van der Waals surface area contributed by atoms with Crippen molar-refractivity contribution in [3.63, 3.8) is 0 Å². The molecule has 1 N–H and O–H groups in total. The predicted octanol–water partition coefficient (Wildman–Crippen LogP) is 4.03. The van der Waals surface area contributed by atoms with Crippen LogP contribution in [-0.4, -0.2) is 26.6 Å². The van der Waals surface area contributed by atoms with Gasteiger partial charge >= 0.3 is 0 Å². The molecule has 0 aliphatic carbocycles. The number of nitrogens with zero attached hydrogens (tertiary/aromatic N) is 3. The summed E-state index contributed by atoms with van der Waals surface area (Å²) >= 11 is 0. The number of aromatic nitrogens is 3. The van der Waals surface area contributed by atoms with Gasteiger partial charge in [0.1, 0.15) is 12.9 Å². The Bertz CT molecular complexity index is 1320. The van der Waals surface area contributed by atoms with Crippen molar-refractivity contribution < 1.29 is 4.79 Å². The van der Waals surface area contributed by atoms with Gasteiger partial charge in [-0.2, -0.15) is 0 Å². The largest absolute Gasteiger partial charge is 0.354 e. The van der Waals surface area contributed by atoms with Gasteiger partial charge < -0.3 is 5.32 Å². The van der Waals surface area contributed by atoms with Gasteiger partial charge in [0.15, 0.2) is 5.65 Å². The van der Waals surface area contributed by atoms with E-state index in [9.17, 15) is 9.59 Å². The lowest BCUT2D eigenvalue weighted by Gasteiger charge is -2.13.